The fourth-order valence-corrected chi connectivity index (χ4v) is 1.11. The van der Waals surface area contributed by atoms with Gasteiger partial charge in [-0.15, -0.1) is 0 Å². The molecule has 0 atom stereocenters. The molecular formula is C9H9N3O4. The maximum atomic E-state index is 11.3. The van der Waals surface area contributed by atoms with Crippen molar-refractivity contribution in [2.24, 2.45) is 0 Å². The van der Waals surface area contributed by atoms with E-state index < -0.39 is 16.7 Å². The smallest absolute Gasteiger partial charge is 0.358 e. The summed E-state index contributed by atoms with van der Waals surface area (Å²) in [5.41, 5.74) is 0.375. The third-order valence-electron chi connectivity index (χ3n) is 1.78. The van der Waals surface area contributed by atoms with Gasteiger partial charge in [-0.05, 0) is 22.9 Å². The number of aromatic nitrogens is 1. The molecule has 1 heterocycles. The van der Waals surface area contributed by atoms with Crippen molar-refractivity contribution in [2.75, 3.05) is 0 Å². The summed E-state index contributed by atoms with van der Waals surface area (Å²) in [7, 11) is 0. The molecule has 0 spiro atoms. The molecule has 84 valence electrons. The van der Waals surface area contributed by atoms with Gasteiger partial charge in [0.05, 0.1) is 5.56 Å². The van der Waals surface area contributed by atoms with Gasteiger partial charge in [0.25, 0.3) is 5.91 Å². The zero-order chi connectivity index (χ0) is 12.3. The van der Waals surface area contributed by atoms with Gasteiger partial charge in [-0.2, -0.15) is 0 Å². The summed E-state index contributed by atoms with van der Waals surface area (Å²) in [6, 6.07) is 1.31. The van der Waals surface area contributed by atoms with Gasteiger partial charge in [0, 0.05) is 12.5 Å². The maximum absolute atomic E-state index is 11.3. The molecule has 0 aliphatic carbocycles. The highest BCUT2D eigenvalue weighted by molar-refractivity contribution is 6.04. The molecule has 0 bridgehead atoms. The Kier molecular flexibility index (Phi) is 3.29. The quantitative estimate of drug-likeness (QED) is 0.583. The van der Waals surface area contributed by atoms with Crippen molar-refractivity contribution in [3.05, 3.63) is 33.5 Å². The van der Waals surface area contributed by atoms with Crippen LogP contribution in [-0.4, -0.2) is 21.7 Å². The summed E-state index contributed by atoms with van der Waals surface area (Å²) in [5.74, 6) is -1.43. The Morgan fingerprint density at radius 1 is 1.50 bits per heavy atom. The third-order valence-corrected chi connectivity index (χ3v) is 1.78. The van der Waals surface area contributed by atoms with E-state index in [-0.39, 0.29) is 16.9 Å². The number of nitro groups is 1. The Balaban J connectivity index is 3.01. The number of hydrogen-bond acceptors (Lipinski definition) is 5. The molecule has 2 amide bonds. The Hall–Kier alpha value is -2.31. The van der Waals surface area contributed by atoms with Crippen LogP contribution in [0.4, 0.5) is 5.82 Å². The zero-order valence-electron chi connectivity index (χ0n) is 8.68. The van der Waals surface area contributed by atoms with Crippen molar-refractivity contribution >= 4 is 17.6 Å². The largest absolute Gasteiger partial charge is 0.366 e. The molecule has 1 aromatic rings. The van der Waals surface area contributed by atoms with E-state index in [1.54, 1.807) is 0 Å². The lowest BCUT2D eigenvalue weighted by Gasteiger charge is -2.01. The SMILES string of the molecule is CC(=O)NC(=O)c1cnc([N+](=O)[O-])c(C)c1. The molecule has 7 heteroatoms. The Bertz CT molecular complexity index is 470. The number of rotatable bonds is 2. The van der Waals surface area contributed by atoms with Crippen molar-refractivity contribution in [3.63, 3.8) is 0 Å². The zero-order valence-corrected chi connectivity index (χ0v) is 8.68. The minimum absolute atomic E-state index is 0.110. The molecule has 1 rings (SSSR count). The summed E-state index contributed by atoms with van der Waals surface area (Å²) in [6.07, 6.45) is 1.06. The first kappa shape index (κ1) is 11.8. The highest BCUT2D eigenvalue weighted by Gasteiger charge is 2.16. The van der Waals surface area contributed by atoms with Crippen LogP contribution in [0, 0.1) is 17.0 Å². The second-order valence-electron chi connectivity index (χ2n) is 3.13. The highest BCUT2D eigenvalue weighted by atomic mass is 16.6. The van der Waals surface area contributed by atoms with Crippen molar-refractivity contribution in [3.8, 4) is 0 Å². The normalized spacial score (nSPS) is 9.62. The van der Waals surface area contributed by atoms with Gasteiger partial charge in [-0.1, -0.05) is 0 Å². The molecule has 0 unspecified atom stereocenters. The second-order valence-corrected chi connectivity index (χ2v) is 3.13. The predicted molar refractivity (Wildman–Crippen MR) is 53.8 cm³/mol. The molecule has 16 heavy (non-hydrogen) atoms. The fourth-order valence-electron chi connectivity index (χ4n) is 1.11. The summed E-state index contributed by atoms with van der Waals surface area (Å²) in [4.78, 5) is 35.3. The van der Waals surface area contributed by atoms with Crippen LogP contribution in [0.3, 0.4) is 0 Å². The first-order valence-corrected chi connectivity index (χ1v) is 4.34. The number of carbonyl (C=O) groups is 2. The molecule has 0 aliphatic heterocycles. The van der Waals surface area contributed by atoms with Crippen molar-refractivity contribution < 1.29 is 14.5 Å². The van der Waals surface area contributed by atoms with Gasteiger partial charge in [-0.3, -0.25) is 14.9 Å². The van der Waals surface area contributed by atoms with Crippen LogP contribution >= 0.6 is 0 Å². The predicted octanol–water partition coefficient (Wildman–Crippen LogP) is 0.575. The van der Waals surface area contributed by atoms with E-state index in [9.17, 15) is 19.7 Å². The third kappa shape index (κ3) is 2.59. The van der Waals surface area contributed by atoms with Gasteiger partial charge in [0.15, 0.2) is 6.20 Å². The maximum Gasteiger partial charge on any atom is 0.366 e. The summed E-state index contributed by atoms with van der Waals surface area (Å²) in [5, 5.41) is 12.5. The summed E-state index contributed by atoms with van der Waals surface area (Å²) < 4.78 is 0. The van der Waals surface area contributed by atoms with E-state index in [1.165, 1.54) is 19.9 Å². The molecule has 0 aliphatic rings. The number of pyridine rings is 1. The Labute approximate surface area is 90.6 Å². The van der Waals surface area contributed by atoms with Crippen LogP contribution in [0.15, 0.2) is 12.3 Å². The van der Waals surface area contributed by atoms with Crippen LogP contribution in [0.2, 0.25) is 0 Å². The first-order chi connectivity index (χ1) is 7.41. The van der Waals surface area contributed by atoms with Gasteiger partial charge >= 0.3 is 5.82 Å². The van der Waals surface area contributed by atoms with Crippen LogP contribution in [0.1, 0.15) is 22.8 Å². The molecule has 0 fully saturated rings. The lowest BCUT2D eigenvalue weighted by Crippen LogP contribution is -2.28. The fraction of sp³-hybridized carbons (Fsp3) is 0.222. The van der Waals surface area contributed by atoms with Crippen molar-refractivity contribution in [2.45, 2.75) is 13.8 Å². The van der Waals surface area contributed by atoms with E-state index in [4.69, 9.17) is 0 Å². The van der Waals surface area contributed by atoms with Crippen LogP contribution < -0.4 is 5.32 Å². The number of amides is 2. The summed E-state index contributed by atoms with van der Waals surface area (Å²) >= 11 is 0. The van der Waals surface area contributed by atoms with Crippen LogP contribution in [-0.2, 0) is 4.79 Å². The first-order valence-electron chi connectivity index (χ1n) is 4.34. The Morgan fingerprint density at radius 3 is 2.56 bits per heavy atom. The number of imide groups is 1. The van der Waals surface area contributed by atoms with Crippen molar-refractivity contribution in [1.82, 2.24) is 10.3 Å². The molecule has 0 aromatic carbocycles. The van der Waals surface area contributed by atoms with Gasteiger partial charge < -0.3 is 10.1 Å². The summed E-state index contributed by atoms with van der Waals surface area (Å²) in [6.45, 7) is 2.67. The van der Waals surface area contributed by atoms with E-state index in [0.29, 0.717) is 0 Å². The van der Waals surface area contributed by atoms with E-state index in [2.05, 4.69) is 4.98 Å². The number of aryl methyl sites for hydroxylation is 1. The second kappa shape index (κ2) is 4.47. The minimum Gasteiger partial charge on any atom is -0.358 e. The average molecular weight is 223 g/mol. The van der Waals surface area contributed by atoms with Gasteiger partial charge in [0.2, 0.25) is 5.91 Å². The van der Waals surface area contributed by atoms with E-state index >= 15 is 0 Å². The topological polar surface area (TPSA) is 102 Å². The molecule has 1 N–H and O–H groups in total. The van der Waals surface area contributed by atoms with Crippen LogP contribution in [0.5, 0.6) is 0 Å². The van der Waals surface area contributed by atoms with Crippen LogP contribution in [0.25, 0.3) is 0 Å². The minimum atomic E-state index is -0.637. The molecule has 0 radical (unpaired) electrons. The molecular weight excluding hydrogens is 214 g/mol. The van der Waals surface area contributed by atoms with Gasteiger partial charge in [-0.25, -0.2) is 0 Å². The molecule has 1 aromatic heterocycles. The molecule has 0 saturated carbocycles. The molecule has 7 nitrogen and oxygen atoms in total. The highest BCUT2D eigenvalue weighted by Crippen LogP contribution is 2.14. The average Bonchev–Trinajstić information content (AvgIpc) is 2.15. The van der Waals surface area contributed by atoms with Crippen molar-refractivity contribution in [1.29, 1.82) is 0 Å². The van der Waals surface area contributed by atoms with Gasteiger partial charge in [0.1, 0.15) is 0 Å². The number of nitrogens with zero attached hydrogens (tertiary/aromatic N) is 2. The number of carbonyl (C=O) groups excluding carboxylic acids is 2. The lowest BCUT2D eigenvalue weighted by atomic mass is 10.2. The standard InChI is InChI=1S/C9H9N3O4/c1-5-3-7(9(14)11-6(2)13)4-10-8(5)12(15)16/h3-4H,1-2H3,(H,11,13,14). The molecule has 0 saturated heterocycles. The van der Waals surface area contributed by atoms with E-state index in [0.717, 1.165) is 6.20 Å². The lowest BCUT2D eigenvalue weighted by molar-refractivity contribution is -0.390. The number of hydrogen-bond donors (Lipinski definition) is 1. The monoisotopic (exact) mass is 223 g/mol. The number of nitrogens with one attached hydrogen (secondary N) is 1. The van der Waals surface area contributed by atoms with E-state index in [1.807, 2.05) is 5.32 Å². The Morgan fingerprint density at radius 2 is 2.12 bits per heavy atom.